The van der Waals surface area contributed by atoms with Gasteiger partial charge in [-0.2, -0.15) is 9.78 Å². The van der Waals surface area contributed by atoms with Gasteiger partial charge in [0.2, 0.25) is 0 Å². The molecular weight excluding hydrogens is 276 g/mol. The third-order valence-electron chi connectivity index (χ3n) is 3.56. The average Bonchev–Trinajstić information content (AvgIpc) is 3.19. The molecule has 0 aliphatic heterocycles. The smallest absolute Gasteiger partial charge is 0.159 e. The molecule has 0 spiro atoms. The Morgan fingerprint density at radius 2 is 2.00 bits per heavy atom. The van der Waals surface area contributed by atoms with Crippen molar-refractivity contribution in [2.24, 2.45) is 0 Å². The predicted molar refractivity (Wildman–Crippen MR) is 83.9 cm³/mol. The van der Waals surface area contributed by atoms with E-state index in [1.807, 2.05) is 39.8 Å². The molecule has 0 aromatic carbocycles. The summed E-state index contributed by atoms with van der Waals surface area (Å²) in [4.78, 5) is 9.18. The fraction of sp³-hybridized carbons (Fsp3) is 0.375. The lowest BCUT2D eigenvalue weighted by Gasteiger charge is -2.15. The summed E-state index contributed by atoms with van der Waals surface area (Å²) in [5, 5.41) is 9.03. The van der Waals surface area contributed by atoms with Gasteiger partial charge in [-0.15, -0.1) is 5.10 Å². The molecule has 0 aliphatic carbocycles. The van der Waals surface area contributed by atoms with Crippen molar-refractivity contribution < 1.29 is 0 Å². The maximum absolute atomic E-state index is 4.76. The molecule has 0 saturated carbocycles. The van der Waals surface area contributed by atoms with Crippen LogP contribution in [0.3, 0.4) is 0 Å². The van der Waals surface area contributed by atoms with Gasteiger partial charge in [-0.1, -0.05) is 26.8 Å². The lowest BCUT2D eigenvalue weighted by atomic mass is 10.2. The Kier molecular flexibility index (Phi) is 4.00. The van der Waals surface area contributed by atoms with Crippen molar-refractivity contribution >= 4 is 0 Å². The van der Waals surface area contributed by atoms with Gasteiger partial charge in [0.1, 0.15) is 6.04 Å². The van der Waals surface area contributed by atoms with E-state index in [4.69, 9.17) is 4.98 Å². The van der Waals surface area contributed by atoms with Crippen molar-refractivity contribution in [3.63, 3.8) is 0 Å². The molecule has 0 amide bonds. The van der Waals surface area contributed by atoms with Gasteiger partial charge in [0.15, 0.2) is 17.5 Å². The summed E-state index contributed by atoms with van der Waals surface area (Å²) >= 11 is 0. The first-order chi connectivity index (χ1) is 10.7. The molecule has 3 aromatic rings. The molecular formula is C16H20N6. The van der Waals surface area contributed by atoms with E-state index >= 15 is 0 Å². The Morgan fingerprint density at radius 3 is 2.59 bits per heavy atom. The summed E-state index contributed by atoms with van der Waals surface area (Å²) in [6, 6.07) is 7.76. The van der Waals surface area contributed by atoms with E-state index in [0.717, 1.165) is 23.9 Å². The molecule has 1 atom stereocenters. The van der Waals surface area contributed by atoms with Gasteiger partial charge in [0.05, 0.1) is 0 Å². The zero-order chi connectivity index (χ0) is 15.5. The monoisotopic (exact) mass is 296 g/mol. The molecule has 114 valence electrons. The molecule has 0 saturated heterocycles. The van der Waals surface area contributed by atoms with Crippen molar-refractivity contribution in [1.82, 2.24) is 29.5 Å². The number of rotatable bonds is 5. The second kappa shape index (κ2) is 6.09. The van der Waals surface area contributed by atoms with E-state index in [2.05, 4.69) is 36.0 Å². The fourth-order valence-corrected chi connectivity index (χ4v) is 2.40. The maximum Gasteiger partial charge on any atom is 0.159 e. The highest BCUT2D eigenvalue weighted by molar-refractivity contribution is 5.23. The summed E-state index contributed by atoms with van der Waals surface area (Å²) in [5.41, 5.74) is 0. The standard InChI is InChI=1S/C16H20N6/c1-4-13(21-11-7-10-18-21)16-19-15(12(2)3)20-22(16)14-8-5-6-9-17-14/h5-13H,4H2,1-3H3/t13-/m1/s1. The second-order valence-corrected chi connectivity index (χ2v) is 5.49. The largest absolute Gasteiger partial charge is 0.262 e. The minimum Gasteiger partial charge on any atom is -0.262 e. The van der Waals surface area contributed by atoms with E-state index in [1.54, 1.807) is 12.4 Å². The topological polar surface area (TPSA) is 61.4 Å². The normalized spacial score (nSPS) is 12.7. The van der Waals surface area contributed by atoms with Gasteiger partial charge >= 0.3 is 0 Å². The van der Waals surface area contributed by atoms with Crippen molar-refractivity contribution in [2.45, 2.75) is 39.2 Å². The SMILES string of the molecule is CC[C@H](c1nc(C(C)C)nn1-c1ccccn1)n1cccn1. The Hall–Kier alpha value is -2.50. The van der Waals surface area contributed by atoms with Crippen LogP contribution in [0.2, 0.25) is 0 Å². The molecule has 3 aromatic heterocycles. The first-order valence-corrected chi connectivity index (χ1v) is 7.58. The minimum absolute atomic E-state index is 0.0389. The molecule has 0 bridgehead atoms. The highest BCUT2D eigenvalue weighted by Gasteiger charge is 2.23. The van der Waals surface area contributed by atoms with Gasteiger partial charge in [-0.25, -0.2) is 9.97 Å². The molecule has 0 N–H and O–H groups in total. The zero-order valence-electron chi connectivity index (χ0n) is 13.1. The fourth-order valence-electron chi connectivity index (χ4n) is 2.40. The van der Waals surface area contributed by atoms with Crippen LogP contribution in [0.15, 0.2) is 42.9 Å². The maximum atomic E-state index is 4.76. The summed E-state index contributed by atoms with van der Waals surface area (Å²) in [7, 11) is 0. The van der Waals surface area contributed by atoms with Gasteiger partial charge in [-0.05, 0) is 24.6 Å². The number of aromatic nitrogens is 6. The molecule has 6 nitrogen and oxygen atoms in total. The Morgan fingerprint density at radius 1 is 1.14 bits per heavy atom. The van der Waals surface area contributed by atoms with Gasteiger partial charge < -0.3 is 0 Å². The van der Waals surface area contributed by atoms with Crippen LogP contribution in [0.5, 0.6) is 0 Å². The van der Waals surface area contributed by atoms with Crippen LogP contribution in [0, 0.1) is 0 Å². The average molecular weight is 296 g/mol. The van der Waals surface area contributed by atoms with Gasteiger partial charge in [0.25, 0.3) is 0 Å². The third kappa shape index (κ3) is 2.64. The zero-order valence-corrected chi connectivity index (χ0v) is 13.1. The highest BCUT2D eigenvalue weighted by atomic mass is 15.4. The summed E-state index contributed by atoms with van der Waals surface area (Å²) < 4.78 is 3.76. The van der Waals surface area contributed by atoms with Gasteiger partial charge in [0, 0.05) is 24.5 Å². The van der Waals surface area contributed by atoms with Crippen LogP contribution >= 0.6 is 0 Å². The first-order valence-electron chi connectivity index (χ1n) is 7.58. The molecule has 0 aliphatic rings. The second-order valence-electron chi connectivity index (χ2n) is 5.49. The predicted octanol–water partition coefficient (Wildman–Crippen LogP) is 2.98. The van der Waals surface area contributed by atoms with Crippen LogP contribution in [0.4, 0.5) is 0 Å². The molecule has 3 heterocycles. The molecule has 3 rings (SSSR count). The first kappa shape index (κ1) is 14.4. The molecule has 0 unspecified atom stereocenters. The number of hydrogen-bond acceptors (Lipinski definition) is 4. The van der Waals surface area contributed by atoms with Crippen LogP contribution in [0.25, 0.3) is 5.82 Å². The lowest BCUT2D eigenvalue weighted by molar-refractivity contribution is 0.473. The van der Waals surface area contributed by atoms with Crippen LogP contribution in [-0.4, -0.2) is 29.5 Å². The number of pyridine rings is 1. The van der Waals surface area contributed by atoms with Crippen LogP contribution < -0.4 is 0 Å². The summed E-state index contributed by atoms with van der Waals surface area (Å²) in [6.45, 7) is 6.31. The van der Waals surface area contributed by atoms with Crippen molar-refractivity contribution in [1.29, 1.82) is 0 Å². The van der Waals surface area contributed by atoms with E-state index in [1.165, 1.54) is 0 Å². The number of nitrogens with zero attached hydrogens (tertiary/aromatic N) is 6. The lowest BCUT2D eigenvalue weighted by Crippen LogP contribution is -2.16. The molecule has 0 radical (unpaired) electrons. The Labute approximate surface area is 129 Å². The third-order valence-corrected chi connectivity index (χ3v) is 3.56. The van der Waals surface area contributed by atoms with Gasteiger partial charge in [-0.3, -0.25) is 4.68 Å². The quantitative estimate of drug-likeness (QED) is 0.726. The Balaban J connectivity index is 2.13. The number of hydrogen-bond donors (Lipinski definition) is 0. The summed E-state index contributed by atoms with van der Waals surface area (Å²) in [6.07, 6.45) is 6.39. The van der Waals surface area contributed by atoms with Crippen LogP contribution in [-0.2, 0) is 0 Å². The van der Waals surface area contributed by atoms with Crippen molar-refractivity contribution in [3.05, 3.63) is 54.5 Å². The molecule has 0 fully saturated rings. The Bertz CT molecular complexity index is 714. The minimum atomic E-state index is 0.0389. The van der Waals surface area contributed by atoms with E-state index in [0.29, 0.717) is 0 Å². The highest BCUT2D eigenvalue weighted by Crippen LogP contribution is 2.23. The summed E-state index contributed by atoms with van der Waals surface area (Å²) in [5.74, 6) is 2.74. The van der Waals surface area contributed by atoms with Crippen LogP contribution in [0.1, 0.15) is 50.8 Å². The van der Waals surface area contributed by atoms with Crippen molar-refractivity contribution in [3.8, 4) is 5.82 Å². The van der Waals surface area contributed by atoms with E-state index in [9.17, 15) is 0 Å². The van der Waals surface area contributed by atoms with E-state index in [-0.39, 0.29) is 12.0 Å². The van der Waals surface area contributed by atoms with Crippen molar-refractivity contribution in [2.75, 3.05) is 0 Å². The van der Waals surface area contributed by atoms with E-state index < -0.39 is 0 Å². The molecule has 6 heteroatoms. The molecule has 22 heavy (non-hydrogen) atoms.